The number of aromatic nitrogens is 5. The highest BCUT2D eigenvalue weighted by molar-refractivity contribution is 5.88. The summed E-state index contributed by atoms with van der Waals surface area (Å²) in [6, 6.07) is 0. The van der Waals surface area contributed by atoms with Crippen molar-refractivity contribution in [2.24, 2.45) is 0 Å². The van der Waals surface area contributed by atoms with Gasteiger partial charge in [-0.1, -0.05) is 5.21 Å². The van der Waals surface area contributed by atoms with E-state index in [4.69, 9.17) is 4.74 Å². The van der Waals surface area contributed by atoms with Gasteiger partial charge < -0.3 is 9.47 Å². The van der Waals surface area contributed by atoms with Gasteiger partial charge in [-0.3, -0.25) is 4.57 Å². The van der Waals surface area contributed by atoms with E-state index < -0.39 is 12.5 Å². The van der Waals surface area contributed by atoms with Crippen LogP contribution in [-0.2, 0) is 22.6 Å². The maximum absolute atomic E-state index is 12.8. The highest BCUT2D eigenvalue weighted by atomic mass is 19.3. The van der Waals surface area contributed by atoms with E-state index in [9.17, 15) is 13.6 Å². The molecule has 2 heterocycles. The lowest BCUT2D eigenvalue weighted by molar-refractivity contribution is 0.0587. The number of hydrogen-bond acceptors (Lipinski definition) is 6. The van der Waals surface area contributed by atoms with Gasteiger partial charge >= 0.3 is 12.5 Å². The Kier molecular flexibility index (Phi) is 4.58. The lowest BCUT2D eigenvalue weighted by Crippen LogP contribution is -2.14. The number of carbonyl (C=O) groups is 1. The molecule has 0 saturated heterocycles. The molecule has 2 rings (SSSR count). The predicted molar refractivity (Wildman–Crippen MR) is 64.7 cm³/mol. The first kappa shape index (κ1) is 15.0. The minimum absolute atomic E-state index is 0.0190. The van der Waals surface area contributed by atoms with Crippen molar-refractivity contribution in [1.82, 2.24) is 24.5 Å². The Morgan fingerprint density at radius 1 is 1.43 bits per heavy atom. The molecule has 114 valence electrons. The minimum Gasteiger partial charge on any atom is -0.464 e. The zero-order chi connectivity index (χ0) is 15.4. The standard InChI is InChI=1S/C11H13F2N5O3/c1-20-6-7-9(10(19)21-2)15-16-18(7)5-8-14-3-4-17(8)11(12)13/h3-4,11H,5-6H2,1-2H3. The second-order valence-corrected chi connectivity index (χ2v) is 4.00. The van der Waals surface area contributed by atoms with E-state index in [1.807, 2.05) is 0 Å². The minimum atomic E-state index is -2.71. The van der Waals surface area contributed by atoms with Crippen LogP contribution in [0.25, 0.3) is 0 Å². The lowest BCUT2D eigenvalue weighted by Gasteiger charge is -2.08. The fraction of sp³-hybridized carbons (Fsp3) is 0.455. The van der Waals surface area contributed by atoms with E-state index >= 15 is 0 Å². The molecule has 0 unspecified atom stereocenters. The van der Waals surface area contributed by atoms with Gasteiger partial charge in [0, 0.05) is 19.5 Å². The maximum atomic E-state index is 12.8. The van der Waals surface area contributed by atoms with E-state index in [1.54, 1.807) is 0 Å². The van der Waals surface area contributed by atoms with Crippen LogP contribution in [0.1, 0.15) is 28.6 Å². The first-order chi connectivity index (χ1) is 10.1. The van der Waals surface area contributed by atoms with Gasteiger partial charge in [0.2, 0.25) is 0 Å². The summed E-state index contributed by atoms with van der Waals surface area (Å²) in [4.78, 5) is 15.4. The normalized spacial score (nSPS) is 11.1. The molecule has 0 bridgehead atoms. The highest BCUT2D eigenvalue weighted by Crippen LogP contribution is 2.15. The Morgan fingerprint density at radius 2 is 2.19 bits per heavy atom. The molecule has 0 fully saturated rings. The summed E-state index contributed by atoms with van der Waals surface area (Å²) in [6.45, 7) is -2.75. The van der Waals surface area contributed by atoms with Gasteiger partial charge in [-0.05, 0) is 0 Å². The number of ether oxygens (including phenoxy) is 2. The number of nitrogens with zero attached hydrogens (tertiary/aromatic N) is 5. The molecule has 0 amide bonds. The van der Waals surface area contributed by atoms with Gasteiger partial charge in [-0.25, -0.2) is 14.5 Å². The molecule has 0 aromatic carbocycles. The Balaban J connectivity index is 2.33. The number of halogens is 2. The van der Waals surface area contributed by atoms with Crippen molar-refractivity contribution >= 4 is 5.97 Å². The molecule has 0 aliphatic carbocycles. The monoisotopic (exact) mass is 301 g/mol. The van der Waals surface area contributed by atoms with Crippen LogP contribution in [0.3, 0.4) is 0 Å². The van der Waals surface area contributed by atoms with Crippen molar-refractivity contribution in [2.75, 3.05) is 14.2 Å². The number of hydrogen-bond donors (Lipinski definition) is 0. The number of methoxy groups -OCH3 is 2. The fourth-order valence-electron chi connectivity index (χ4n) is 1.77. The second kappa shape index (κ2) is 6.39. The first-order valence-electron chi connectivity index (χ1n) is 5.88. The Bertz CT molecular complexity index is 625. The van der Waals surface area contributed by atoms with Crippen molar-refractivity contribution in [1.29, 1.82) is 0 Å². The fourth-order valence-corrected chi connectivity index (χ4v) is 1.77. The summed E-state index contributed by atoms with van der Waals surface area (Å²) in [5, 5.41) is 7.46. The van der Waals surface area contributed by atoms with E-state index in [0.717, 1.165) is 6.20 Å². The molecule has 2 aromatic rings. The molecule has 0 aliphatic heterocycles. The van der Waals surface area contributed by atoms with Crippen molar-refractivity contribution in [3.05, 3.63) is 29.6 Å². The average molecular weight is 301 g/mol. The van der Waals surface area contributed by atoms with Crippen molar-refractivity contribution in [2.45, 2.75) is 19.7 Å². The van der Waals surface area contributed by atoms with Crippen molar-refractivity contribution in [3.8, 4) is 0 Å². The summed E-state index contributed by atoms with van der Waals surface area (Å²) in [5.74, 6) is -0.589. The second-order valence-electron chi connectivity index (χ2n) is 4.00. The van der Waals surface area contributed by atoms with Crippen LogP contribution in [0.5, 0.6) is 0 Å². The molecule has 0 aliphatic rings. The predicted octanol–water partition coefficient (Wildman–Crippen LogP) is 0.851. The van der Waals surface area contributed by atoms with Gasteiger partial charge in [0.15, 0.2) is 5.69 Å². The number of alkyl halides is 2. The number of rotatable bonds is 6. The van der Waals surface area contributed by atoms with Crippen LogP contribution in [0.2, 0.25) is 0 Å². The Labute approximate surface area is 118 Å². The zero-order valence-electron chi connectivity index (χ0n) is 11.4. The molecule has 21 heavy (non-hydrogen) atoms. The largest absolute Gasteiger partial charge is 0.464 e. The van der Waals surface area contributed by atoms with E-state index in [-0.39, 0.29) is 24.7 Å². The van der Waals surface area contributed by atoms with Crippen LogP contribution >= 0.6 is 0 Å². The smallest absolute Gasteiger partial charge is 0.360 e. The number of carbonyl (C=O) groups excluding carboxylic acids is 1. The first-order valence-corrected chi connectivity index (χ1v) is 5.88. The van der Waals surface area contributed by atoms with Gasteiger partial charge in [-0.15, -0.1) is 5.10 Å². The van der Waals surface area contributed by atoms with Crippen LogP contribution in [0.4, 0.5) is 8.78 Å². The van der Waals surface area contributed by atoms with Crippen LogP contribution < -0.4 is 0 Å². The number of esters is 1. The Hall–Kier alpha value is -2.36. The molecule has 0 saturated carbocycles. The van der Waals surface area contributed by atoms with E-state index in [0.29, 0.717) is 10.3 Å². The summed E-state index contributed by atoms with van der Waals surface area (Å²) < 4.78 is 37.1. The summed E-state index contributed by atoms with van der Waals surface area (Å²) in [7, 11) is 2.64. The third-order valence-electron chi connectivity index (χ3n) is 2.75. The quantitative estimate of drug-likeness (QED) is 0.736. The van der Waals surface area contributed by atoms with Crippen LogP contribution in [-0.4, -0.2) is 44.7 Å². The van der Waals surface area contributed by atoms with Crippen LogP contribution in [0.15, 0.2) is 12.4 Å². The third kappa shape index (κ3) is 3.05. The molecule has 0 spiro atoms. The topological polar surface area (TPSA) is 84.1 Å². The van der Waals surface area contributed by atoms with Crippen molar-refractivity contribution in [3.63, 3.8) is 0 Å². The molecule has 0 N–H and O–H groups in total. The molecule has 2 aromatic heterocycles. The summed E-state index contributed by atoms with van der Waals surface area (Å²) >= 11 is 0. The molecular formula is C11H13F2N5O3. The van der Waals surface area contributed by atoms with Gasteiger partial charge in [-0.2, -0.15) is 8.78 Å². The molecule has 0 radical (unpaired) electrons. The molecule has 10 heteroatoms. The van der Waals surface area contributed by atoms with Crippen molar-refractivity contribution < 1.29 is 23.0 Å². The number of imidazole rings is 1. The molecule has 0 atom stereocenters. The Morgan fingerprint density at radius 3 is 2.81 bits per heavy atom. The molecular weight excluding hydrogens is 288 g/mol. The SMILES string of the molecule is COCc1c(C(=O)OC)nnn1Cc1nccn1C(F)F. The molecule has 8 nitrogen and oxygen atoms in total. The van der Waals surface area contributed by atoms with E-state index in [2.05, 4.69) is 20.0 Å². The van der Waals surface area contributed by atoms with Gasteiger partial charge in [0.1, 0.15) is 12.4 Å². The highest BCUT2D eigenvalue weighted by Gasteiger charge is 2.22. The summed E-state index contributed by atoms with van der Waals surface area (Å²) in [5.41, 5.74) is 0.308. The summed E-state index contributed by atoms with van der Waals surface area (Å²) in [6.07, 6.45) is 2.42. The van der Waals surface area contributed by atoms with Gasteiger partial charge in [0.05, 0.1) is 19.4 Å². The van der Waals surface area contributed by atoms with Gasteiger partial charge in [0.25, 0.3) is 0 Å². The lowest BCUT2D eigenvalue weighted by atomic mass is 10.3. The maximum Gasteiger partial charge on any atom is 0.360 e. The van der Waals surface area contributed by atoms with E-state index in [1.165, 1.54) is 25.1 Å². The zero-order valence-corrected chi connectivity index (χ0v) is 11.4. The third-order valence-corrected chi connectivity index (χ3v) is 2.75. The average Bonchev–Trinajstić information content (AvgIpc) is 3.07. The van der Waals surface area contributed by atoms with Crippen LogP contribution in [0, 0.1) is 0 Å².